The van der Waals surface area contributed by atoms with Gasteiger partial charge in [-0.15, -0.1) is 0 Å². The van der Waals surface area contributed by atoms with E-state index in [1.807, 2.05) is 36.4 Å². The smallest absolute Gasteiger partial charge is 0.325 e. The molecule has 144 valence electrons. The molecule has 1 aliphatic heterocycles. The summed E-state index contributed by atoms with van der Waals surface area (Å²) in [5, 5.41) is 15.9. The van der Waals surface area contributed by atoms with Crippen LogP contribution >= 0.6 is 0 Å². The van der Waals surface area contributed by atoms with Gasteiger partial charge in [-0.25, -0.2) is 4.79 Å². The normalized spacial score (nSPS) is 23.6. The van der Waals surface area contributed by atoms with Crippen LogP contribution in [0.5, 0.6) is 0 Å². The van der Waals surface area contributed by atoms with Crippen molar-refractivity contribution in [2.75, 3.05) is 6.54 Å². The molecule has 2 heterocycles. The topological polar surface area (TPSA) is 74.6 Å². The molecule has 2 aromatic carbocycles. The number of para-hydroxylation sites is 2. The second kappa shape index (κ2) is 6.07. The van der Waals surface area contributed by atoms with Crippen LogP contribution in [0.2, 0.25) is 0 Å². The zero-order valence-corrected chi connectivity index (χ0v) is 15.8. The number of carbonyl (C=O) groups excluding carboxylic acids is 2. The van der Waals surface area contributed by atoms with Crippen LogP contribution in [0.3, 0.4) is 0 Å². The number of benzene rings is 2. The number of urea groups is 1. The number of hydrogen-bond acceptors (Lipinski definition) is 3. The summed E-state index contributed by atoms with van der Waals surface area (Å²) in [4.78, 5) is 26.4. The summed E-state index contributed by atoms with van der Waals surface area (Å²) >= 11 is 0. The quantitative estimate of drug-likeness (QED) is 0.672. The van der Waals surface area contributed by atoms with Crippen LogP contribution in [0.1, 0.15) is 19.8 Å². The Bertz CT molecular complexity index is 1050. The highest BCUT2D eigenvalue weighted by Crippen LogP contribution is 2.42. The number of aromatic nitrogens is 1. The predicted octanol–water partition coefficient (Wildman–Crippen LogP) is 2.88. The Morgan fingerprint density at radius 2 is 1.61 bits per heavy atom. The summed E-state index contributed by atoms with van der Waals surface area (Å²) in [5.74, 6) is -0.00954. The number of imide groups is 1. The van der Waals surface area contributed by atoms with E-state index in [4.69, 9.17) is 0 Å². The Labute approximate surface area is 162 Å². The van der Waals surface area contributed by atoms with Crippen molar-refractivity contribution in [3.8, 4) is 0 Å². The molecule has 6 nitrogen and oxygen atoms in total. The Balaban J connectivity index is 1.42. The van der Waals surface area contributed by atoms with E-state index in [9.17, 15) is 14.7 Å². The first-order valence-corrected chi connectivity index (χ1v) is 9.77. The maximum atomic E-state index is 12.8. The molecule has 0 bridgehead atoms. The number of aliphatic hydroxyl groups excluding tert-OH is 1. The molecular formula is C22H23N3O3. The minimum absolute atomic E-state index is 0.00614. The fraction of sp³-hybridized carbons (Fsp3) is 0.364. The number of hydrogen-bond donors (Lipinski definition) is 2. The van der Waals surface area contributed by atoms with Crippen LogP contribution in [-0.2, 0) is 11.3 Å². The van der Waals surface area contributed by atoms with E-state index >= 15 is 0 Å². The van der Waals surface area contributed by atoms with Crippen molar-refractivity contribution in [2.24, 2.45) is 5.92 Å². The fourth-order valence-electron chi connectivity index (χ4n) is 4.50. The van der Waals surface area contributed by atoms with Crippen molar-refractivity contribution in [2.45, 2.75) is 38.0 Å². The first-order valence-electron chi connectivity index (χ1n) is 9.77. The van der Waals surface area contributed by atoms with Crippen LogP contribution in [0.15, 0.2) is 48.5 Å². The molecule has 0 unspecified atom stereocenters. The van der Waals surface area contributed by atoms with Gasteiger partial charge in [-0.3, -0.25) is 9.69 Å². The number of rotatable bonds is 5. The third-order valence-electron chi connectivity index (χ3n) is 6.16. The lowest BCUT2D eigenvalue weighted by Crippen LogP contribution is -2.46. The van der Waals surface area contributed by atoms with Crippen molar-refractivity contribution >= 4 is 33.7 Å². The highest BCUT2D eigenvalue weighted by molar-refractivity contribution is 6.08. The first kappa shape index (κ1) is 17.3. The largest absolute Gasteiger partial charge is 0.389 e. The van der Waals surface area contributed by atoms with Gasteiger partial charge >= 0.3 is 6.03 Å². The molecule has 2 N–H and O–H groups in total. The molecule has 5 rings (SSSR count). The van der Waals surface area contributed by atoms with Crippen molar-refractivity contribution in [1.82, 2.24) is 14.8 Å². The summed E-state index contributed by atoms with van der Waals surface area (Å²) < 4.78 is 2.06. The fourth-order valence-corrected chi connectivity index (χ4v) is 4.50. The highest BCUT2D eigenvalue weighted by Gasteiger charge is 2.56. The maximum Gasteiger partial charge on any atom is 0.325 e. The van der Waals surface area contributed by atoms with E-state index in [0.717, 1.165) is 34.6 Å². The molecule has 0 radical (unpaired) electrons. The summed E-state index contributed by atoms with van der Waals surface area (Å²) in [6.07, 6.45) is 1.07. The minimum Gasteiger partial charge on any atom is -0.389 e. The number of nitrogens with zero attached hydrogens (tertiary/aromatic N) is 2. The molecule has 1 aliphatic carbocycles. The Hall–Kier alpha value is -2.86. The lowest BCUT2D eigenvalue weighted by molar-refractivity contribution is -0.132. The van der Waals surface area contributed by atoms with Crippen molar-refractivity contribution in [3.05, 3.63) is 48.5 Å². The number of β-amino-alcohol motifs (C(OH)–C–C–N with tert-alkyl or cyclic N) is 1. The van der Waals surface area contributed by atoms with E-state index in [1.165, 1.54) is 4.90 Å². The molecular weight excluding hydrogens is 354 g/mol. The molecule has 2 fully saturated rings. The number of aliphatic hydroxyl groups is 1. The third-order valence-corrected chi connectivity index (χ3v) is 6.16. The SMILES string of the molecule is C[C@]1(C2CC2)NC(=O)N(C[C@@H](O)Cn2c3ccccc3c3ccccc32)C1=O. The van der Waals surface area contributed by atoms with E-state index in [0.29, 0.717) is 6.54 Å². The molecule has 1 saturated heterocycles. The second-order valence-corrected chi connectivity index (χ2v) is 8.12. The third kappa shape index (κ3) is 2.52. The number of nitrogens with one attached hydrogen (secondary N) is 1. The average Bonchev–Trinajstić information content (AvgIpc) is 3.48. The molecule has 1 aromatic heterocycles. The zero-order chi connectivity index (χ0) is 19.5. The monoisotopic (exact) mass is 377 g/mol. The van der Waals surface area contributed by atoms with Gasteiger partial charge < -0.3 is 15.0 Å². The van der Waals surface area contributed by atoms with Gasteiger partial charge in [-0.05, 0) is 37.8 Å². The average molecular weight is 377 g/mol. The van der Waals surface area contributed by atoms with Gasteiger partial charge in [0.2, 0.25) is 0 Å². The van der Waals surface area contributed by atoms with E-state index in [-0.39, 0.29) is 18.4 Å². The highest BCUT2D eigenvalue weighted by atomic mass is 16.3. The van der Waals surface area contributed by atoms with Gasteiger partial charge in [0, 0.05) is 21.8 Å². The summed E-state index contributed by atoms with van der Waals surface area (Å²) in [6.45, 7) is 2.10. The molecule has 6 heteroatoms. The number of amides is 3. The summed E-state index contributed by atoms with van der Waals surface area (Å²) in [6, 6.07) is 15.7. The lowest BCUT2D eigenvalue weighted by Gasteiger charge is -2.22. The van der Waals surface area contributed by atoms with Crippen molar-refractivity contribution < 1.29 is 14.7 Å². The Morgan fingerprint density at radius 3 is 2.18 bits per heavy atom. The first-order chi connectivity index (χ1) is 13.5. The standard InChI is InChI=1S/C22H23N3O3/c1-22(14-10-11-14)20(27)25(21(28)23-22)13-15(26)12-24-18-8-4-2-6-16(18)17-7-3-5-9-19(17)24/h2-9,14-15,26H,10-13H2,1H3,(H,23,28)/t15-,22+/m0/s1. The number of fused-ring (bicyclic) bond motifs is 3. The Kier molecular flexibility index (Phi) is 3.74. The van der Waals surface area contributed by atoms with Crippen LogP contribution in [-0.4, -0.2) is 44.7 Å². The van der Waals surface area contributed by atoms with Crippen LogP contribution < -0.4 is 5.32 Å². The van der Waals surface area contributed by atoms with Gasteiger partial charge in [-0.2, -0.15) is 0 Å². The number of carbonyl (C=O) groups is 2. The van der Waals surface area contributed by atoms with Gasteiger partial charge in [0.1, 0.15) is 5.54 Å². The van der Waals surface area contributed by atoms with Gasteiger partial charge in [0.05, 0.1) is 19.2 Å². The molecule has 2 aliphatic rings. The molecule has 3 aromatic rings. The van der Waals surface area contributed by atoms with Crippen LogP contribution in [0, 0.1) is 5.92 Å². The van der Waals surface area contributed by atoms with Crippen molar-refractivity contribution in [1.29, 1.82) is 0 Å². The van der Waals surface area contributed by atoms with Crippen LogP contribution in [0.25, 0.3) is 21.8 Å². The zero-order valence-electron chi connectivity index (χ0n) is 15.8. The van der Waals surface area contributed by atoms with E-state index in [2.05, 4.69) is 22.0 Å². The minimum atomic E-state index is -0.851. The predicted molar refractivity (Wildman–Crippen MR) is 107 cm³/mol. The van der Waals surface area contributed by atoms with Gasteiger partial charge in [0.25, 0.3) is 5.91 Å². The molecule has 2 atom stereocenters. The van der Waals surface area contributed by atoms with Gasteiger partial charge in [0.15, 0.2) is 0 Å². The maximum absolute atomic E-state index is 12.8. The second-order valence-electron chi connectivity index (χ2n) is 8.12. The lowest BCUT2D eigenvalue weighted by atomic mass is 9.96. The molecule has 1 saturated carbocycles. The molecule has 28 heavy (non-hydrogen) atoms. The van der Waals surface area contributed by atoms with E-state index < -0.39 is 17.7 Å². The molecule has 0 spiro atoms. The molecule has 3 amide bonds. The Morgan fingerprint density at radius 1 is 1.04 bits per heavy atom. The van der Waals surface area contributed by atoms with E-state index in [1.54, 1.807) is 6.92 Å². The van der Waals surface area contributed by atoms with Gasteiger partial charge in [-0.1, -0.05) is 36.4 Å². The van der Waals surface area contributed by atoms with Crippen LogP contribution in [0.4, 0.5) is 4.79 Å². The summed E-state index contributed by atoms with van der Waals surface area (Å²) in [7, 11) is 0. The summed E-state index contributed by atoms with van der Waals surface area (Å²) in [5.41, 5.74) is 1.24. The van der Waals surface area contributed by atoms with Crippen molar-refractivity contribution in [3.63, 3.8) is 0 Å².